The predicted octanol–water partition coefficient (Wildman–Crippen LogP) is 2.71. The summed E-state index contributed by atoms with van der Waals surface area (Å²) in [6, 6.07) is 0.365. The van der Waals surface area contributed by atoms with Gasteiger partial charge in [0.05, 0.1) is 12.0 Å². The van der Waals surface area contributed by atoms with Crippen molar-refractivity contribution in [2.45, 2.75) is 39.7 Å². The Balaban J connectivity index is 2.12. The largest absolute Gasteiger partial charge is 0.411 e. The molecule has 4 heteroatoms. The molecule has 0 unspecified atom stereocenters. The fourth-order valence-electron chi connectivity index (χ4n) is 4.02. The van der Waals surface area contributed by atoms with E-state index in [9.17, 15) is 5.21 Å². The topological polar surface area (TPSA) is 50.4 Å². The van der Waals surface area contributed by atoms with Crippen molar-refractivity contribution in [1.82, 2.24) is 9.55 Å². The number of hydrogen-bond donors (Lipinski definition) is 1. The van der Waals surface area contributed by atoms with Crippen molar-refractivity contribution in [1.29, 1.82) is 0 Å². The molecule has 0 radical (unpaired) electrons. The molecule has 2 aliphatic rings. The van der Waals surface area contributed by atoms with Gasteiger partial charge < -0.3 is 9.77 Å². The van der Waals surface area contributed by atoms with E-state index in [1.165, 1.54) is 0 Å². The van der Waals surface area contributed by atoms with E-state index in [-0.39, 0.29) is 10.8 Å². The molecule has 2 bridgehead atoms. The van der Waals surface area contributed by atoms with Gasteiger partial charge in [0.25, 0.3) is 0 Å². The minimum atomic E-state index is -0.0624. The maximum Gasteiger partial charge on any atom is 0.0948 e. The van der Waals surface area contributed by atoms with Crippen molar-refractivity contribution in [2.24, 2.45) is 21.9 Å². The van der Waals surface area contributed by atoms with Crippen LogP contribution < -0.4 is 0 Å². The minimum absolute atomic E-state index is 0.0624. The average Bonchev–Trinajstić information content (AvgIpc) is 2.91. The standard InChI is InChI=1S/C13H19N3O/c1-12(2)9-6-10(15-17)13(12,3)11(7-9)16-5-4-14-8-16/h4-5,8-9,11,17H,6-7H2,1-3H3/t9-,11+,13-/m0/s1. The molecule has 92 valence electrons. The maximum absolute atomic E-state index is 9.26. The van der Waals surface area contributed by atoms with Gasteiger partial charge in [-0.05, 0) is 24.2 Å². The second-order valence-electron chi connectivity index (χ2n) is 6.13. The van der Waals surface area contributed by atoms with Gasteiger partial charge in [0.2, 0.25) is 0 Å². The van der Waals surface area contributed by atoms with Crippen LogP contribution in [0.3, 0.4) is 0 Å². The first-order chi connectivity index (χ1) is 8.01. The zero-order valence-electron chi connectivity index (χ0n) is 10.6. The quantitative estimate of drug-likeness (QED) is 0.599. The van der Waals surface area contributed by atoms with Crippen LogP contribution in [0.4, 0.5) is 0 Å². The molecule has 17 heavy (non-hydrogen) atoms. The van der Waals surface area contributed by atoms with E-state index in [0.29, 0.717) is 12.0 Å². The van der Waals surface area contributed by atoms with Gasteiger partial charge in [-0.2, -0.15) is 0 Å². The Morgan fingerprint density at radius 1 is 1.47 bits per heavy atom. The zero-order chi connectivity index (χ0) is 12.3. The molecule has 0 aromatic carbocycles. The molecular weight excluding hydrogens is 214 g/mol. The number of rotatable bonds is 1. The van der Waals surface area contributed by atoms with Crippen LogP contribution in [0, 0.1) is 16.7 Å². The van der Waals surface area contributed by atoms with Crippen LogP contribution in [0.2, 0.25) is 0 Å². The van der Waals surface area contributed by atoms with E-state index in [0.717, 1.165) is 18.6 Å². The normalized spacial score (nSPS) is 41.2. The SMILES string of the molecule is CC1(C)[C@H]2CC(=NO)[C@@]1(C)[C@H](n1ccnc1)C2. The summed E-state index contributed by atoms with van der Waals surface area (Å²) in [6.07, 6.45) is 7.80. The molecule has 2 fully saturated rings. The third kappa shape index (κ3) is 1.08. The van der Waals surface area contributed by atoms with Crippen molar-refractivity contribution in [2.75, 3.05) is 0 Å². The van der Waals surface area contributed by atoms with Crippen molar-refractivity contribution >= 4 is 5.71 Å². The molecule has 1 aromatic rings. The molecule has 2 aliphatic carbocycles. The van der Waals surface area contributed by atoms with Crippen LogP contribution in [0.15, 0.2) is 23.9 Å². The van der Waals surface area contributed by atoms with Gasteiger partial charge in [-0.15, -0.1) is 0 Å². The highest BCUT2D eigenvalue weighted by molar-refractivity contribution is 5.94. The van der Waals surface area contributed by atoms with Gasteiger partial charge in [-0.1, -0.05) is 25.9 Å². The highest BCUT2D eigenvalue weighted by Gasteiger charge is 2.65. The molecule has 4 nitrogen and oxygen atoms in total. The van der Waals surface area contributed by atoms with Gasteiger partial charge in [-0.25, -0.2) is 4.98 Å². The van der Waals surface area contributed by atoms with E-state index in [1.54, 1.807) is 0 Å². The Morgan fingerprint density at radius 3 is 2.76 bits per heavy atom. The van der Waals surface area contributed by atoms with Gasteiger partial charge >= 0.3 is 0 Å². The fraction of sp³-hybridized carbons (Fsp3) is 0.692. The smallest absolute Gasteiger partial charge is 0.0948 e. The lowest BCUT2D eigenvalue weighted by molar-refractivity contribution is 0.161. The first kappa shape index (κ1) is 10.8. The summed E-state index contributed by atoms with van der Waals surface area (Å²) in [5.74, 6) is 0.603. The Hall–Kier alpha value is -1.32. The van der Waals surface area contributed by atoms with Crippen LogP contribution in [0.5, 0.6) is 0 Å². The molecule has 2 saturated carbocycles. The van der Waals surface area contributed by atoms with Crippen LogP contribution in [0.25, 0.3) is 0 Å². The number of fused-ring (bicyclic) bond motifs is 2. The lowest BCUT2D eigenvalue weighted by Crippen LogP contribution is -2.39. The van der Waals surface area contributed by atoms with E-state index >= 15 is 0 Å². The monoisotopic (exact) mass is 233 g/mol. The zero-order valence-corrected chi connectivity index (χ0v) is 10.6. The number of nitrogens with zero attached hydrogens (tertiary/aromatic N) is 3. The van der Waals surface area contributed by atoms with Crippen LogP contribution in [-0.2, 0) is 0 Å². The summed E-state index contributed by atoms with van der Waals surface area (Å²) in [6.45, 7) is 6.83. The molecule has 0 saturated heterocycles. The van der Waals surface area contributed by atoms with E-state index in [4.69, 9.17) is 0 Å². The highest BCUT2D eigenvalue weighted by atomic mass is 16.4. The number of imidazole rings is 1. The lowest BCUT2D eigenvalue weighted by Gasteiger charge is -2.39. The molecule has 1 heterocycles. The molecule has 0 spiro atoms. The maximum atomic E-state index is 9.26. The molecular formula is C13H19N3O. The van der Waals surface area contributed by atoms with Gasteiger partial charge in [-0.3, -0.25) is 0 Å². The summed E-state index contributed by atoms with van der Waals surface area (Å²) in [5.41, 5.74) is 1.08. The second-order valence-corrected chi connectivity index (χ2v) is 6.13. The predicted molar refractivity (Wildman–Crippen MR) is 65.1 cm³/mol. The molecule has 0 amide bonds. The lowest BCUT2D eigenvalue weighted by atomic mass is 9.68. The van der Waals surface area contributed by atoms with Crippen LogP contribution in [-0.4, -0.2) is 20.5 Å². The van der Waals surface area contributed by atoms with E-state index < -0.39 is 0 Å². The van der Waals surface area contributed by atoms with Gasteiger partial charge in [0.15, 0.2) is 0 Å². The summed E-state index contributed by atoms with van der Waals surface area (Å²) < 4.78 is 2.17. The van der Waals surface area contributed by atoms with E-state index in [2.05, 4.69) is 35.5 Å². The fourth-order valence-corrected chi connectivity index (χ4v) is 4.02. The Bertz CT molecular complexity index is 463. The van der Waals surface area contributed by atoms with Crippen molar-refractivity contribution in [3.8, 4) is 0 Å². The molecule has 3 rings (SSSR count). The number of aromatic nitrogens is 2. The van der Waals surface area contributed by atoms with E-state index in [1.807, 2.05) is 18.7 Å². The van der Waals surface area contributed by atoms with Crippen molar-refractivity contribution in [3.05, 3.63) is 18.7 Å². The number of hydrogen-bond acceptors (Lipinski definition) is 3. The Labute approximate surface area is 101 Å². The van der Waals surface area contributed by atoms with Crippen LogP contribution >= 0.6 is 0 Å². The molecule has 1 aromatic heterocycles. The van der Waals surface area contributed by atoms with Gasteiger partial charge in [0, 0.05) is 23.9 Å². The van der Waals surface area contributed by atoms with Crippen LogP contribution in [0.1, 0.15) is 39.7 Å². The Kier molecular flexibility index (Phi) is 1.98. The summed E-state index contributed by atoms with van der Waals surface area (Å²) in [5, 5.41) is 12.8. The summed E-state index contributed by atoms with van der Waals surface area (Å²) >= 11 is 0. The van der Waals surface area contributed by atoms with Gasteiger partial charge in [0.1, 0.15) is 0 Å². The first-order valence-corrected chi connectivity index (χ1v) is 6.20. The summed E-state index contributed by atoms with van der Waals surface area (Å²) in [7, 11) is 0. The van der Waals surface area contributed by atoms with Crippen molar-refractivity contribution < 1.29 is 5.21 Å². The second kappa shape index (κ2) is 3.12. The third-order valence-electron chi connectivity index (χ3n) is 5.58. The summed E-state index contributed by atoms with van der Waals surface area (Å²) in [4.78, 5) is 4.14. The molecule has 0 aliphatic heterocycles. The number of oxime groups is 1. The molecule has 3 atom stereocenters. The average molecular weight is 233 g/mol. The third-order valence-corrected chi connectivity index (χ3v) is 5.58. The minimum Gasteiger partial charge on any atom is -0.411 e. The van der Waals surface area contributed by atoms with Crippen molar-refractivity contribution in [3.63, 3.8) is 0 Å². The first-order valence-electron chi connectivity index (χ1n) is 6.20. The Morgan fingerprint density at radius 2 is 2.24 bits per heavy atom. The highest BCUT2D eigenvalue weighted by Crippen LogP contribution is 2.68. The molecule has 1 N–H and O–H groups in total.